The summed E-state index contributed by atoms with van der Waals surface area (Å²) in [4.78, 5) is 29.8. The summed E-state index contributed by atoms with van der Waals surface area (Å²) < 4.78 is 27.3. The molecule has 3 aliphatic heterocycles. The van der Waals surface area contributed by atoms with E-state index >= 15 is 0 Å². The number of rotatable bonds is 5. The number of piperidine rings is 1. The molecule has 1 aromatic carbocycles. The summed E-state index contributed by atoms with van der Waals surface area (Å²) in [7, 11) is -3.64. The third-order valence-corrected chi connectivity index (χ3v) is 8.47. The SMILES string of the molecule is CCCN1CCC2(CC1)NC(=O)N(C1CCN(S(=O)(=O)c3ccc(C)cc3)C1)C2=O. The van der Waals surface area contributed by atoms with Crippen LogP contribution in [0.1, 0.15) is 38.2 Å². The Bertz CT molecular complexity index is 923. The lowest BCUT2D eigenvalue weighted by Crippen LogP contribution is -2.55. The fourth-order valence-electron chi connectivity index (χ4n) is 4.79. The average molecular weight is 435 g/mol. The summed E-state index contributed by atoms with van der Waals surface area (Å²) in [6, 6.07) is 5.93. The van der Waals surface area contributed by atoms with Crippen LogP contribution in [0.15, 0.2) is 29.2 Å². The molecule has 4 rings (SSSR count). The fraction of sp³-hybridized carbons (Fsp3) is 0.619. The first kappa shape index (κ1) is 21.3. The van der Waals surface area contributed by atoms with Crippen LogP contribution in [-0.4, -0.2) is 78.8 Å². The predicted molar refractivity (Wildman–Crippen MR) is 112 cm³/mol. The van der Waals surface area contributed by atoms with Crippen LogP contribution in [0.3, 0.4) is 0 Å². The van der Waals surface area contributed by atoms with Gasteiger partial charge in [0.05, 0.1) is 10.9 Å². The largest absolute Gasteiger partial charge is 0.325 e. The van der Waals surface area contributed by atoms with Crippen molar-refractivity contribution in [3.05, 3.63) is 29.8 Å². The molecule has 1 spiro atoms. The van der Waals surface area contributed by atoms with Crippen molar-refractivity contribution in [2.24, 2.45) is 0 Å². The number of amides is 3. The zero-order chi connectivity index (χ0) is 21.5. The summed E-state index contributed by atoms with van der Waals surface area (Å²) in [5.74, 6) is -0.191. The van der Waals surface area contributed by atoms with Gasteiger partial charge in [0.15, 0.2) is 0 Å². The van der Waals surface area contributed by atoms with E-state index in [0.29, 0.717) is 25.8 Å². The zero-order valence-electron chi connectivity index (χ0n) is 17.6. The quantitative estimate of drug-likeness (QED) is 0.711. The Morgan fingerprint density at radius 1 is 1.10 bits per heavy atom. The number of aryl methyl sites for hydroxylation is 1. The Hall–Kier alpha value is -1.97. The Labute approximate surface area is 178 Å². The molecule has 3 amide bonds. The van der Waals surface area contributed by atoms with Crippen LogP contribution in [0, 0.1) is 6.92 Å². The highest BCUT2D eigenvalue weighted by Crippen LogP contribution is 2.33. The van der Waals surface area contributed by atoms with E-state index in [1.54, 1.807) is 24.3 Å². The van der Waals surface area contributed by atoms with Crippen LogP contribution >= 0.6 is 0 Å². The van der Waals surface area contributed by atoms with Crippen molar-refractivity contribution < 1.29 is 18.0 Å². The molecule has 0 radical (unpaired) electrons. The van der Waals surface area contributed by atoms with Gasteiger partial charge < -0.3 is 10.2 Å². The van der Waals surface area contributed by atoms with E-state index in [4.69, 9.17) is 0 Å². The number of nitrogens with zero attached hydrogens (tertiary/aromatic N) is 3. The van der Waals surface area contributed by atoms with E-state index in [9.17, 15) is 18.0 Å². The van der Waals surface area contributed by atoms with Crippen LogP contribution in [0.5, 0.6) is 0 Å². The molecule has 0 aliphatic carbocycles. The molecule has 9 heteroatoms. The number of benzene rings is 1. The number of carbonyl (C=O) groups is 2. The first-order valence-corrected chi connectivity index (χ1v) is 12.2. The monoisotopic (exact) mass is 434 g/mol. The molecule has 1 unspecified atom stereocenters. The second kappa shape index (κ2) is 7.94. The van der Waals surface area contributed by atoms with Gasteiger partial charge in [0.25, 0.3) is 5.91 Å². The Balaban J connectivity index is 1.46. The summed E-state index contributed by atoms with van der Waals surface area (Å²) in [6.07, 6.45) is 2.73. The molecule has 164 valence electrons. The topological polar surface area (TPSA) is 90.0 Å². The van der Waals surface area contributed by atoms with Gasteiger partial charge in [-0.1, -0.05) is 24.6 Å². The molecular formula is C21H30N4O4S. The number of urea groups is 1. The average Bonchev–Trinajstić information content (AvgIpc) is 3.28. The lowest BCUT2D eigenvalue weighted by atomic mass is 9.87. The summed E-state index contributed by atoms with van der Waals surface area (Å²) >= 11 is 0. The minimum atomic E-state index is -3.64. The highest BCUT2D eigenvalue weighted by atomic mass is 32.2. The third kappa shape index (κ3) is 3.63. The van der Waals surface area contributed by atoms with E-state index in [0.717, 1.165) is 31.6 Å². The Kier molecular flexibility index (Phi) is 5.63. The smallest absolute Gasteiger partial charge is 0.323 e. The maximum Gasteiger partial charge on any atom is 0.325 e. The van der Waals surface area contributed by atoms with E-state index in [1.807, 2.05) is 6.92 Å². The predicted octanol–water partition coefficient (Wildman–Crippen LogP) is 1.55. The molecule has 3 aliphatic rings. The molecule has 1 aromatic rings. The van der Waals surface area contributed by atoms with Crippen LogP contribution in [0.4, 0.5) is 4.79 Å². The maximum absolute atomic E-state index is 13.3. The van der Waals surface area contributed by atoms with Gasteiger partial charge in [-0.2, -0.15) is 4.31 Å². The van der Waals surface area contributed by atoms with E-state index < -0.39 is 21.6 Å². The van der Waals surface area contributed by atoms with Gasteiger partial charge in [0.1, 0.15) is 5.54 Å². The standard InChI is InChI=1S/C21H30N4O4S/c1-3-11-23-13-9-21(10-14-23)19(26)25(20(27)22-21)17-8-12-24(15-17)30(28,29)18-6-4-16(2)5-7-18/h4-7,17H,3,8-15H2,1-2H3,(H,22,27). The molecule has 8 nitrogen and oxygen atoms in total. The summed E-state index contributed by atoms with van der Waals surface area (Å²) in [5, 5.41) is 2.94. The van der Waals surface area contributed by atoms with Gasteiger partial charge in [-0.05, 0) is 51.3 Å². The van der Waals surface area contributed by atoms with Gasteiger partial charge in [0, 0.05) is 26.2 Å². The first-order valence-electron chi connectivity index (χ1n) is 10.7. The van der Waals surface area contributed by atoms with Crippen molar-refractivity contribution in [2.75, 3.05) is 32.7 Å². The summed E-state index contributed by atoms with van der Waals surface area (Å²) in [5.41, 5.74) is 0.160. The molecule has 3 saturated heterocycles. The molecule has 30 heavy (non-hydrogen) atoms. The fourth-order valence-corrected chi connectivity index (χ4v) is 6.28. The minimum absolute atomic E-state index is 0.146. The lowest BCUT2D eigenvalue weighted by molar-refractivity contribution is -0.134. The molecule has 3 heterocycles. The van der Waals surface area contributed by atoms with Gasteiger partial charge in [0.2, 0.25) is 10.0 Å². The van der Waals surface area contributed by atoms with E-state index in [1.165, 1.54) is 9.21 Å². The number of hydrogen-bond donors (Lipinski definition) is 1. The van der Waals surface area contributed by atoms with Crippen molar-refractivity contribution in [3.8, 4) is 0 Å². The number of carbonyl (C=O) groups excluding carboxylic acids is 2. The molecule has 3 fully saturated rings. The zero-order valence-corrected chi connectivity index (χ0v) is 18.5. The number of sulfonamides is 1. The number of likely N-dealkylation sites (tertiary alicyclic amines) is 1. The third-order valence-electron chi connectivity index (χ3n) is 6.59. The van der Waals surface area contributed by atoms with Crippen molar-refractivity contribution in [2.45, 2.75) is 56.0 Å². The molecule has 1 atom stereocenters. The Morgan fingerprint density at radius 3 is 2.40 bits per heavy atom. The van der Waals surface area contributed by atoms with Crippen LogP contribution in [0.2, 0.25) is 0 Å². The lowest BCUT2D eigenvalue weighted by Gasteiger charge is -2.37. The molecule has 1 N–H and O–H groups in total. The van der Waals surface area contributed by atoms with E-state index in [-0.39, 0.29) is 23.4 Å². The second-order valence-corrected chi connectivity index (χ2v) is 10.6. The van der Waals surface area contributed by atoms with E-state index in [2.05, 4.69) is 17.1 Å². The molecule has 0 aromatic heterocycles. The van der Waals surface area contributed by atoms with Crippen LogP contribution in [-0.2, 0) is 14.8 Å². The molecular weight excluding hydrogens is 404 g/mol. The van der Waals surface area contributed by atoms with Crippen LogP contribution in [0.25, 0.3) is 0 Å². The highest BCUT2D eigenvalue weighted by molar-refractivity contribution is 7.89. The highest BCUT2D eigenvalue weighted by Gasteiger charge is 2.55. The van der Waals surface area contributed by atoms with Gasteiger partial charge in [-0.25, -0.2) is 13.2 Å². The second-order valence-electron chi connectivity index (χ2n) is 8.65. The maximum atomic E-state index is 13.3. The molecule has 0 bridgehead atoms. The number of hydrogen-bond acceptors (Lipinski definition) is 5. The van der Waals surface area contributed by atoms with Crippen molar-refractivity contribution in [3.63, 3.8) is 0 Å². The van der Waals surface area contributed by atoms with Gasteiger partial charge in [-0.3, -0.25) is 9.69 Å². The normalized spacial score (nSPS) is 25.3. The summed E-state index contributed by atoms with van der Waals surface area (Å²) in [6.45, 7) is 7.05. The van der Waals surface area contributed by atoms with Crippen LogP contribution < -0.4 is 5.32 Å². The van der Waals surface area contributed by atoms with Crippen molar-refractivity contribution in [1.82, 2.24) is 19.4 Å². The van der Waals surface area contributed by atoms with Crippen molar-refractivity contribution >= 4 is 22.0 Å². The number of nitrogens with one attached hydrogen (secondary N) is 1. The van der Waals surface area contributed by atoms with Gasteiger partial charge >= 0.3 is 6.03 Å². The Morgan fingerprint density at radius 2 is 1.77 bits per heavy atom. The number of imide groups is 1. The van der Waals surface area contributed by atoms with Gasteiger partial charge in [-0.15, -0.1) is 0 Å². The van der Waals surface area contributed by atoms with Crippen molar-refractivity contribution in [1.29, 1.82) is 0 Å². The molecule has 0 saturated carbocycles. The first-order chi connectivity index (χ1) is 14.3. The minimum Gasteiger partial charge on any atom is -0.323 e.